The number of aromatic nitrogens is 1. The van der Waals surface area contributed by atoms with Crippen LogP contribution in [-0.4, -0.2) is 4.98 Å². The molecule has 1 heterocycles. The summed E-state index contributed by atoms with van der Waals surface area (Å²) in [6.45, 7) is 6.11. The van der Waals surface area contributed by atoms with Crippen molar-refractivity contribution < 1.29 is 4.39 Å². The third-order valence-electron chi connectivity index (χ3n) is 2.55. The Kier molecular flexibility index (Phi) is 3.04. The van der Waals surface area contributed by atoms with Crippen LogP contribution in [0.3, 0.4) is 0 Å². The average molecular weight is 272 g/mol. The predicted octanol–water partition coefficient (Wildman–Crippen LogP) is 4.98. The Balaban J connectivity index is 2.83. The molecular weight excluding hydrogens is 260 g/mol. The van der Waals surface area contributed by atoms with Crippen LogP contribution in [0.5, 0.6) is 0 Å². The zero-order valence-corrected chi connectivity index (χ0v) is 11.3. The molecule has 1 aromatic carbocycles. The summed E-state index contributed by atoms with van der Waals surface area (Å²) in [5, 5.41) is 1.30. The Hall–Kier alpha value is -0.860. The van der Waals surface area contributed by atoms with Gasteiger partial charge >= 0.3 is 0 Å². The van der Waals surface area contributed by atoms with E-state index in [4.69, 9.17) is 23.2 Å². The molecule has 1 nitrogen and oxygen atoms in total. The minimum atomic E-state index is -0.408. The zero-order chi connectivity index (χ0) is 12.8. The molecule has 0 bridgehead atoms. The van der Waals surface area contributed by atoms with Gasteiger partial charge in [0, 0.05) is 16.5 Å². The Labute approximate surface area is 110 Å². The largest absolute Gasteiger partial charge is 0.251 e. The van der Waals surface area contributed by atoms with Crippen molar-refractivity contribution in [2.75, 3.05) is 0 Å². The molecule has 1 aromatic heterocycles. The lowest BCUT2D eigenvalue weighted by molar-refractivity contribution is 0.571. The molecule has 0 spiro atoms. The van der Waals surface area contributed by atoms with Gasteiger partial charge in [0.15, 0.2) is 0 Å². The van der Waals surface area contributed by atoms with Crippen LogP contribution in [0.15, 0.2) is 18.2 Å². The van der Waals surface area contributed by atoms with Crippen LogP contribution < -0.4 is 0 Å². The first-order valence-corrected chi connectivity index (χ1v) is 6.00. The smallest absolute Gasteiger partial charge is 0.125 e. The Morgan fingerprint density at radius 1 is 1.06 bits per heavy atom. The molecule has 0 aliphatic heterocycles. The first kappa shape index (κ1) is 12.6. The topological polar surface area (TPSA) is 12.9 Å². The molecular formula is C13H12Cl2FN. The predicted molar refractivity (Wildman–Crippen MR) is 70.4 cm³/mol. The first-order chi connectivity index (χ1) is 7.79. The molecule has 0 unspecified atom stereocenters. The van der Waals surface area contributed by atoms with Crippen molar-refractivity contribution in [3.05, 3.63) is 39.8 Å². The highest BCUT2D eigenvalue weighted by Gasteiger charge is 2.18. The lowest BCUT2D eigenvalue weighted by Gasteiger charge is -2.19. The third-order valence-corrected chi connectivity index (χ3v) is 3.15. The second-order valence-corrected chi connectivity index (χ2v) is 5.84. The van der Waals surface area contributed by atoms with Gasteiger partial charge in [0.1, 0.15) is 5.82 Å². The van der Waals surface area contributed by atoms with E-state index < -0.39 is 5.82 Å². The van der Waals surface area contributed by atoms with Crippen LogP contribution in [-0.2, 0) is 5.41 Å². The maximum atomic E-state index is 13.2. The van der Waals surface area contributed by atoms with Crippen LogP contribution in [0.2, 0.25) is 10.0 Å². The SMILES string of the molecule is CC(C)(C)c1cc(Cl)c2cc(F)cc(Cl)c2n1. The number of benzene rings is 1. The molecule has 90 valence electrons. The Morgan fingerprint density at radius 3 is 2.29 bits per heavy atom. The fraction of sp³-hybridized carbons (Fsp3) is 0.308. The van der Waals surface area contributed by atoms with E-state index >= 15 is 0 Å². The molecule has 2 rings (SSSR count). The highest BCUT2D eigenvalue weighted by molar-refractivity contribution is 6.39. The second-order valence-electron chi connectivity index (χ2n) is 5.02. The third kappa shape index (κ3) is 2.38. The summed E-state index contributed by atoms with van der Waals surface area (Å²) in [6.07, 6.45) is 0. The van der Waals surface area contributed by atoms with E-state index in [1.165, 1.54) is 12.1 Å². The number of fused-ring (bicyclic) bond motifs is 1. The van der Waals surface area contributed by atoms with Crippen molar-refractivity contribution in [1.82, 2.24) is 4.98 Å². The van der Waals surface area contributed by atoms with Gasteiger partial charge in [0.2, 0.25) is 0 Å². The van der Waals surface area contributed by atoms with Crippen LogP contribution in [0.4, 0.5) is 4.39 Å². The molecule has 4 heteroatoms. The summed E-state index contributed by atoms with van der Waals surface area (Å²) >= 11 is 12.1. The number of hydrogen-bond acceptors (Lipinski definition) is 1. The number of pyridine rings is 1. The molecule has 0 radical (unpaired) electrons. The van der Waals surface area contributed by atoms with Gasteiger partial charge in [-0.2, -0.15) is 0 Å². The fourth-order valence-corrected chi connectivity index (χ4v) is 2.09. The molecule has 17 heavy (non-hydrogen) atoms. The van der Waals surface area contributed by atoms with Crippen molar-refractivity contribution in [2.45, 2.75) is 26.2 Å². The lowest BCUT2D eigenvalue weighted by atomic mass is 9.91. The van der Waals surface area contributed by atoms with Gasteiger partial charge in [0.25, 0.3) is 0 Å². The minimum absolute atomic E-state index is 0.129. The normalized spacial score (nSPS) is 12.1. The van der Waals surface area contributed by atoms with E-state index in [9.17, 15) is 4.39 Å². The summed E-state index contributed by atoms with van der Waals surface area (Å²) in [4.78, 5) is 4.46. The van der Waals surface area contributed by atoms with Gasteiger partial charge in [-0.1, -0.05) is 44.0 Å². The van der Waals surface area contributed by atoms with E-state index in [1.807, 2.05) is 20.8 Å². The highest BCUT2D eigenvalue weighted by Crippen LogP contribution is 2.32. The highest BCUT2D eigenvalue weighted by atomic mass is 35.5. The zero-order valence-electron chi connectivity index (χ0n) is 9.81. The average Bonchev–Trinajstić information content (AvgIpc) is 2.17. The maximum Gasteiger partial charge on any atom is 0.125 e. The summed E-state index contributed by atoms with van der Waals surface area (Å²) in [5.74, 6) is -0.408. The molecule has 0 saturated carbocycles. The summed E-state index contributed by atoms with van der Waals surface area (Å²) < 4.78 is 13.2. The quantitative estimate of drug-likeness (QED) is 0.659. The van der Waals surface area contributed by atoms with Crippen LogP contribution in [0, 0.1) is 5.82 Å². The molecule has 0 N–H and O–H groups in total. The van der Waals surface area contributed by atoms with Crippen molar-refractivity contribution >= 4 is 34.1 Å². The van der Waals surface area contributed by atoms with Gasteiger partial charge in [-0.25, -0.2) is 4.39 Å². The molecule has 2 aromatic rings. The molecule has 0 aliphatic carbocycles. The fourth-order valence-electron chi connectivity index (χ4n) is 1.60. The number of halogens is 3. The molecule has 0 amide bonds. The van der Waals surface area contributed by atoms with E-state index in [0.29, 0.717) is 15.9 Å². The standard InChI is InChI=1S/C13H12Cl2FN/c1-13(2,3)11-6-9(14)8-4-7(16)5-10(15)12(8)17-11/h4-6H,1-3H3. The maximum absolute atomic E-state index is 13.2. The van der Waals surface area contributed by atoms with Crippen LogP contribution >= 0.6 is 23.2 Å². The van der Waals surface area contributed by atoms with E-state index in [-0.39, 0.29) is 10.4 Å². The Bertz CT molecular complexity index is 588. The van der Waals surface area contributed by atoms with Gasteiger partial charge in [0.05, 0.1) is 15.6 Å². The van der Waals surface area contributed by atoms with Gasteiger partial charge < -0.3 is 0 Å². The van der Waals surface area contributed by atoms with Gasteiger partial charge in [-0.05, 0) is 18.2 Å². The number of rotatable bonds is 0. The number of nitrogens with zero attached hydrogens (tertiary/aromatic N) is 1. The molecule has 0 saturated heterocycles. The van der Waals surface area contributed by atoms with E-state index in [0.717, 1.165) is 5.69 Å². The summed E-state index contributed by atoms with van der Waals surface area (Å²) in [7, 11) is 0. The van der Waals surface area contributed by atoms with Crippen molar-refractivity contribution in [1.29, 1.82) is 0 Å². The van der Waals surface area contributed by atoms with Crippen LogP contribution in [0.25, 0.3) is 10.9 Å². The first-order valence-electron chi connectivity index (χ1n) is 5.25. The monoisotopic (exact) mass is 271 g/mol. The Morgan fingerprint density at radius 2 is 1.71 bits per heavy atom. The minimum Gasteiger partial charge on any atom is -0.251 e. The number of hydrogen-bond donors (Lipinski definition) is 0. The van der Waals surface area contributed by atoms with E-state index in [2.05, 4.69) is 4.98 Å². The molecule has 0 fully saturated rings. The van der Waals surface area contributed by atoms with Crippen molar-refractivity contribution in [3.63, 3.8) is 0 Å². The second kappa shape index (κ2) is 4.11. The summed E-state index contributed by atoms with van der Waals surface area (Å²) in [5.41, 5.74) is 1.25. The summed E-state index contributed by atoms with van der Waals surface area (Å²) in [6, 6.07) is 4.36. The molecule has 0 atom stereocenters. The molecule has 0 aliphatic rings. The van der Waals surface area contributed by atoms with E-state index in [1.54, 1.807) is 6.07 Å². The van der Waals surface area contributed by atoms with Gasteiger partial charge in [-0.3, -0.25) is 4.98 Å². The van der Waals surface area contributed by atoms with Crippen molar-refractivity contribution in [2.24, 2.45) is 0 Å². The van der Waals surface area contributed by atoms with Crippen molar-refractivity contribution in [3.8, 4) is 0 Å². The van der Waals surface area contributed by atoms with Crippen LogP contribution in [0.1, 0.15) is 26.5 Å². The lowest BCUT2D eigenvalue weighted by Crippen LogP contribution is -2.13. The van der Waals surface area contributed by atoms with Gasteiger partial charge in [-0.15, -0.1) is 0 Å².